The minimum absolute atomic E-state index is 0.212. The summed E-state index contributed by atoms with van der Waals surface area (Å²) >= 11 is 0. The molecule has 1 N–H and O–H groups in total. The first kappa shape index (κ1) is 20.8. The van der Waals surface area contributed by atoms with Gasteiger partial charge in [-0.2, -0.15) is 9.57 Å². The van der Waals surface area contributed by atoms with Gasteiger partial charge in [-0.15, -0.1) is 0 Å². The van der Waals surface area contributed by atoms with Crippen molar-refractivity contribution < 1.29 is 17.9 Å². The van der Waals surface area contributed by atoms with Gasteiger partial charge < -0.3 is 10.1 Å². The summed E-state index contributed by atoms with van der Waals surface area (Å²) in [6.07, 6.45) is 1.73. The number of para-hydroxylation sites is 1. The van der Waals surface area contributed by atoms with Crippen molar-refractivity contribution in [3.63, 3.8) is 0 Å². The molecule has 0 unspecified atom stereocenters. The van der Waals surface area contributed by atoms with E-state index in [9.17, 15) is 13.2 Å². The van der Waals surface area contributed by atoms with E-state index in [0.717, 1.165) is 12.8 Å². The van der Waals surface area contributed by atoms with Crippen LogP contribution >= 0.6 is 0 Å². The summed E-state index contributed by atoms with van der Waals surface area (Å²) < 4.78 is 32.4. The van der Waals surface area contributed by atoms with E-state index in [-0.39, 0.29) is 11.5 Å². The predicted molar refractivity (Wildman–Crippen MR) is 109 cm³/mol. The zero-order valence-corrected chi connectivity index (χ0v) is 17.0. The number of hydrogen-bond donors (Lipinski definition) is 1. The SMILES string of the molecule is CC1CCN(S(=O)(=O)c2ccc(NC(=O)COc3ccccc3C#N)cc2)CC1. The van der Waals surface area contributed by atoms with Crippen LogP contribution in [-0.2, 0) is 14.8 Å². The minimum atomic E-state index is -3.52. The Labute approximate surface area is 171 Å². The van der Waals surface area contributed by atoms with Gasteiger partial charge in [0.25, 0.3) is 5.91 Å². The number of ether oxygens (including phenoxy) is 1. The Hall–Kier alpha value is -2.89. The fourth-order valence-electron chi connectivity index (χ4n) is 3.11. The van der Waals surface area contributed by atoms with E-state index in [0.29, 0.717) is 36.0 Å². The van der Waals surface area contributed by atoms with Gasteiger partial charge in [-0.3, -0.25) is 4.79 Å². The molecule has 1 aliphatic rings. The van der Waals surface area contributed by atoms with Gasteiger partial charge in [-0.25, -0.2) is 8.42 Å². The van der Waals surface area contributed by atoms with Gasteiger partial charge in [0.2, 0.25) is 10.0 Å². The van der Waals surface area contributed by atoms with E-state index in [1.807, 2.05) is 6.07 Å². The largest absolute Gasteiger partial charge is 0.482 e. The Kier molecular flexibility index (Phi) is 6.52. The number of rotatable bonds is 6. The molecule has 1 saturated heterocycles. The molecular formula is C21H23N3O4S. The van der Waals surface area contributed by atoms with E-state index < -0.39 is 15.9 Å². The lowest BCUT2D eigenvalue weighted by Crippen LogP contribution is -2.37. The Bertz CT molecular complexity index is 1000. The standard InChI is InChI=1S/C21H23N3O4S/c1-16-10-12-24(13-11-16)29(26,27)19-8-6-18(7-9-19)23-21(25)15-28-20-5-3-2-4-17(20)14-22/h2-9,16H,10-13,15H2,1H3,(H,23,25). The van der Waals surface area contributed by atoms with Crippen LogP contribution in [0.5, 0.6) is 5.75 Å². The van der Waals surface area contributed by atoms with Crippen molar-refractivity contribution in [3.8, 4) is 11.8 Å². The molecule has 29 heavy (non-hydrogen) atoms. The molecule has 0 spiro atoms. The number of carbonyl (C=O) groups excluding carboxylic acids is 1. The second-order valence-electron chi connectivity index (χ2n) is 7.06. The van der Waals surface area contributed by atoms with Gasteiger partial charge in [0.1, 0.15) is 11.8 Å². The lowest BCUT2D eigenvalue weighted by Gasteiger charge is -2.29. The van der Waals surface area contributed by atoms with Crippen molar-refractivity contribution in [2.45, 2.75) is 24.7 Å². The molecule has 1 amide bonds. The maximum absolute atomic E-state index is 12.7. The molecule has 1 heterocycles. The summed E-state index contributed by atoms with van der Waals surface area (Å²) in [7, 11) is -3.52. The van der Waals surface area contributed by atoms with Gasteiger partial charge in [-0.1, -0.05) is 19.1 Å². The first-order valence-corrected chi connectivity index (χ1v) is 10.9. The molecule has 1 aliphatic heterocycles. The molecule has 0 bridgehead atoms. The van der Waals surface area contributed by atoms with E-state index in [2.05, 4.69) is 12.2 Å². The quantitative estimate of drug-likeness (QED) is 0.785. The summed E-state index contributed by atoms with van der Waals surface area (Å²) in [5.41, 5.74) is 0.820. The van der Waals surface area contributed by atoms with Crippen molar-refractivity contribution in [1.82, 2.24) is 4.31 Å². The summed E-state index contributed by atoms with van der Waals surface area (Å²) in [6.45, 7) is 2.93. The highest BCUT2D eigenvalue weighted by atomic mass is 32.2. The second kappa shape index (κ2) is 9.07. The molecule has 7 nitrogen and oxygen atoms in total. The fraction of sp³-hybridized carbons (Fsp3) is 0.333. The number of nitriles is 1. The molecule has 3 rings (SSSR count). The van der Waals surface area contributed by atoms with Crippen molar-refractivity contribution in [2.75, 3.05) is 25.0 Å². The van der Waals surface area contributed by atoms with E-state index in [1.165, 1.54) is 16.4 Å². The van der Waals surface area contributed by atoms with Crippen LogP contribution in [0.3, 0.4) is 0 Å². The smallest absolute Gasteiger partial charge is 0.262 e. The molecule has 2 aromatic carbocycles. The Morgan fingerprint density at radius 3 is 2.48 bits per heavy atom. The van der Waals surface area contributed by atoms with Crippen LogP contribution in [0.15, 0.2) is 53.4 Å². The van der Waals surface area contributed by atoms with Crippen molar-refractivity contribution >= 4 is 21.6 Å². The average Bonchev–Trinajstić information content (AvgIpc) is 2.73. The van der Waals surface area contributed by atoms with Crippen LogP contribution in [0.4, 0.5) is 5.69 Å². The Balaban J connectivity index is 1.59. The third-order valence-corrected chi connectivity index (χ3v) is 6.80. The van der Waals surface area contributed by atoms with Crippen LogP contribution in [-0.4, -0.2) is 38.3 Å². The number of anilines is 1. The van der Waals surface area contributed by atoms with E-state index in [4.69, 9.17) is 10.00 Å². The number of amides is 1. The third-order valence-electron chi connectivity index (χ3n) is 4.88. The number of nitrogens with one attached hydrogen (secondary N) is 1. The molecule has 8 heteroatoms. The molecule has 0 aromatic heterocycles. The number of piperidine rings is 1. The minimum Gasteiger partial charge on any atom is -0.482 e. The molecule has 0 radical (unpaired) electrons. The average molecular weight is 413 g/mol. The maximum Gasteiger partial charge on any atom is 0.262 e. The molecule has 1 fully saturated rings. The highest BCUT2D eigenvalue weighted by Gasteiger charge is 2.27. The molecule has 152 valence electrons. The predicted octanol–water partition coefficient (Wildman–Crippen LogP) is 3.00. The number of nitrogens with zero attached hydrogens (tertiary/aromatic N) is 2. The molecule has 0 aliphatic carbocycles. The number of hydrogen-bond acceptors (Lipinski definition) is 5. The monoisotopic (exact) mass is 413 g/mol. The second-order valence-corrected chi connectivity index (χ2v) is 8.99. The summed E-state index contributed by atoms with van der Waals surface area (Å²) in [4.78, 5) is 12.3. The van der Waals surface area contributed by atoms with Crippen LogP contribution in [0.25, 0.3) is 0 Å². The fourth-order valence-corrected chi connectivity index (χ4v) is 4.58. The summed E-state index contributed by atoms with van der Waals surface area (Å²) in [5, 5.41) is 11.7. The van der Waals surface area contributed by atoms with Gasteiger partial charge in [0, 0.05) is 18.8 Å². The normalized spacial score (nSPS) is 15.4. The highest BCUT2D eigenvalue weighted by Crippen LogP contribution is 2.24. The number of sulfonamides is 1. The van der Waals surface area contributed by atoms with Crippen LogP contribution < -0.4 is 10.1 Å². The topological polar surface area (TPSA) is 99.5 Å². The van der Waals surface area contributed by atoms with Crippen molar-refractivity contribution in [1.29, 1.82) is 5.26 Å². The lowest BCUT2D eigenvalue weighted by molar-refractivity contribution is -0.118. The van der Waals surface area contributed by atoms with Crippen molar-refractivity contribution in [2.24, 2.45) is 5.92 Å². The van der Waals surface area contributed by atoms with Crippen molar-refractivity contribution in [3.05, 3.63) is 54.1 Å². The van der Waals surface area contributed by atoms with Gasteiger partial charge in [0.05, 0.1) is 10.5 Å². The van der Waals surface area contributed by atoms with Gasteiger partial charge >= 0.3 is 0 Å². The van der Waals surface area contributed by atoms with Crippen LogP contribution in [0.2, 0.25) is 0 Å². The van der Waals surface area contributed by atoms with E-state index in [1.54, 1.807) is 36.4 Å². The first-order valence-electron chi connectivity index (χ1n) is 9.42. The third kappa shape index (κ3) is 5.13. The molecule has 0 atom stereocenters. The number of benzene rings is 2. The first-order chi connectivity index (χ1) is 13.9. The van der Waals surface area contributed by atoms with Gasteiger partial charge in [0.15, 0.2) is 6.61 Å². The molecular weight excluding hydrogens is 390 g/mol. The van der Waals surface area contributed by atoms with Crippen LogP contribution in [0.1, 0.15) is 25.3 Å². The van der Waals surface area contributed by atoms with Gasteiger partial charge in [-0.05, 0) is 55.2 Å². The lowest BCUT2D eigenvalue weighted by atomic mass is 10.0. The molecule has 0 saturated carbocycles. The molecule has 2 aromatic rings. The Morgan fingerprint density at radius 1 is 1.17 bits per heavy atom. The number of carbonyl (C=O) groups is 1. The maximum atomic E-state index is 12.7. The zero-order chi connectivity index (χ0) is 20.9. The van der Waals surface area contributed by atoms with Crippen LogP contribution in [0, 0.1) is 17.2 Å². The Morgan fingerprint density at radius 2 is 1.83 bits per heavy atom. The zero-order valence-electron chi connectivity index (χ0n) is 16.2. The highest BCUT2D eigenvalue weighted by molar-refractivity contribution is 7.89. The summed E-state index contributed by atoms with van der Waals surface area (Å²) in [5.74, 6) is 0.474. The summed E-state index contributed by atoms with van der Waals surface area (Å²) in [6, 6.07) is 14.8. The van der Waals surface area contributed by atoms with E-state index >= 15 is 0 Å².